The summed E-state index contributed by atoms with van der Waals surface area (Å²) in [5.74, 6) is -0.972. The Morgan fingerprint density at radius 1 is 1.07 bits per heavy atom. The molecule has 8 heteroatoms. The van der Waals surface area contributed by atoms with E-state index in [0.717, 1.165) is 24.2 Å². The molecule has 0 aliphatic carbocycles. The van der Waals surface area contributed by atoms with Gasteiger partial charge in [0, 0.05) is 37.7 Å². The predicted octanol–water partition coefficient (Wildman–Crippen LogP) is 0.963. The van der Waals surface area contributed by atoms with Crippen LogP contribution in [0.15, 0.2) is 30.3 Å². The lowest BCUT2D eigenvalue weighted by atomic mass is 9.98. The van der Waals surface area contributed by atoms with Crippen LogP contribution in [0.3, 0.4) is 0 Å². The van der Waals surface area contributed by atoms with Gasteiger partial charge in [-0.25, -0.2) is 0 Å². The van der Waals surface area contributed by atoms with E-state index < -0.39 is 11.8 Å². The summed E-state index contributed by atoms with van der Waals surface area (Å²) in [6, 6.07) is 9.09. The third-order valence-electron chi connectivity index (χ3n) is 5.35. The van der Waals surface area contributed by atoms with Crippen LogP contribution in [0, 0.1) is 0 Å². The van der Waals surface area contributed by atoms with E-state index in [1.165, 1.54) is 0 Å². The largest absolute Gasteiger partial charge is 0.362 e. The molecule has 0 unspecified atom stereocenters. The Morgan fingerprint density at radius 2 is 1.79 bits per heavy atom. The molecule has 3 rings (SSSR count). The molecule has 0 saturated carbocycles. The fraction of sp³-hybridized carbons (Fsp3) is 0.524. The average molecular weight is 401 g/mol. The summed E-state index contributed by atoms with van der Waals surface area (Å²) in [4.78, 5) is 51.5. The van der Waals surface area contributed by atoms with Gasteiger partial charge in [0.1, 0.15) is 13.2 Å². The van der Waals surface area contributed by atoms with Gasteiger partial charge in [0.15, 0.2) is 0 Å². The Kier molecular flexibility index (Phi) is 7.35. The maximum Gasteiger partial charge on any atom is 0.255 e. The summed E-state index contributed by atoms with van der Waals surface area (Å²) >= 11 is 0. The van der Waals surface area contributed by atoms with Crippen LogP contribution in [-0.4, -0.2) is 72.3 Å². The van der Waals surface area contributed by atoms with Gasteiger partial charge in [0.05, 0.1) is 0 Å². The first-order chi connectivity index (χ1) is 14.1. The Labute approximate surface area is 170 Å². The van der Waals surface area contributed by atoms with Crippen molar-refractivity contribution in [2.75, 3.05) is 32.8 Å². The number of nitrogens with zero attached hydrogens (tertiary/aromatic N) is 2. The van der Waals surface area contributed by atoms with Crippen LogP contribution >= 0.6 is 0 Å². The lowest BCUT2D eigenvalue weighted by Crippen LogP contribution is -2.49. The van der Waals surface area contributed by atoms with Gasteiger partial charge < -0.3 is 15.0 Å². The molecule has 0 bridgehead atoms. The normalized spacial score (nSPS) is 19.9. The molecule has 1 atom stereocenters. The molecule has 0 aromatic heterocycles. The van der Waals surface area contributed by atoms with Crippen molar-refractivity contribution in [1.82, 2.24) is 15.1 Å². The van der Waals surface area contributed by atoms with Gasteiger partial charge >= 0.3 is 0 Å². The molecule has 2 aliphatic rings. The summed E-state index contributed by atoms with van der Waals surface area (Å²) in [6.45, 7) is 1.01. The number of carbonyl (C=O) groups is 4. The Bertz CT molecular complexity index is 736. The van der Waals surface area contributed by atoms with Gasteiger partial charge in [-0.2, -0.15) is 0 Å². The first-order valence-corrected chi connectivity index (χ1v) is 10.1. The summed E-state index contributed by atoms with van der Waals surface area (Å²) in [6.07, 6.45) is 3.67. The Hall–Kier alpha value is -2.74. The first-order valence-electron chi connectivity index (χ1n) is 10.1. The minimum absolute atomic E-state index is 0.0587. The van der Waals surface area contributed by atoms with E-state index in [1.54, 1.807) is 12.1 Å². The van der Waals surface area contributed by atoms with Crippen molar-refractivity contribution in [1.29, 1.82) is 0 Å². The predicted molar refractivity (Wildman–Crippen MR) is 105 cm³/mol. The number of imide groups is 1. The number of morpholine rings is 1. The monoisotopic (exact) mass is 401 g/mol. The van der Waals surface area contributed by atoms with E-state index >= 15 is 0 Å². The fourth-order valence-electron chi connectivity index (χ4n) is 3.79. The van der Waals surface area contributed by atoms with Gasteiger partial charge in [-0.3, -0.25) is 24.1 Å². The van der Waals surface area contributed by atoms with Gasteiger partial charge in [-0.15, -0.1) is 0 Å². The third kappa shape index (κ3) is 5.63. The fourth-order valence-corrected chi connectivity index (χ4v) is 3.79. The smallest absolute Gasteiger partial charge is 0.255 e. The number of amides is 4. The highest BCUT2D eigenvalue weighted by molar-refractivity contribution is 5.98. The summed E-state index contributed by atoms with van der Waals surface area (Å²) in [7, 11) is 0. The van der Waals surface area contributed by atoms with Crippen LogP contribution in [0.5, 0.6) is 0 Å². The van der Waals surface area contributed by atoms with Crippen LogP contribution in [0.25, 0.3) is 0 Å². The summed E-state index contributed by atoms with van der Waals surface area (Å²) in [5.41, 5.74) is 0.615. The van der Waals surface area contributed by atoms with Crippen LogP contribution in [0.4, 0.5) is 0 Å². The van der Waals surface area contributed by atoms with Gasteiger partial charge in [0.25, 0.3) is 17.7 Å². The van der Waals surface area contributed by atoms with E-state index in [4.69, 9.17) is 4.74 Å². The van der Waals surface area contributed by atoms with Crippen molar-refractivity contribution in [3.63, 3.8) is 0 Å². The highest BCUT2D eigenvalue weighted by atomic mass is 16.5. The van der Waals surface area contributed by atoms with E-state index in [2.05, 4.69) is 5.32 Å². The molecule has 2 heterocycles. The lowest BCUT2D eigenvalue weighted by Gasteiger charge is -2.36. The molecule has 1 aromatic carbocycles. The summed E-state index contributed by atoms with van der Waals surface area (Å²) in [5, 5.41) is 2.91. The molecule has 2 aliphatic heterocycles. The van der Waals surface area contributed by atoms with E-state index in [1.807, 2.05) is 23.1 Å². The van der Waals surface area contributed by atoms with Gasteiger partial charge in [-0.1, -0.05) is 18.2 Å². The van der Waals surface area contributed by atoms with Crippen molar-refractivity contribution < 1.29 is 23.9 Å². The second kappa shape index (κ2) is 10.2. The molecule has 156 valence electrons. The van der Waals surface area contributed by atoms with Crippen molar-refractivity contribution in [3.05, 3.63) is 35.9 Å². The number of benzene rings is 1. The second-order valence-electron chi connectivity index (χ2n) is 7.33. The summed E-state index contributed by atoms with van der Waals surface area (Å²) < 4.78 is 4.89. The zero-order chi connectivity index (χ0) is 20.6. The number of hydrogen-bond acceptors (Lipinski definition) is 5. The number of piperidine rings is 1. The van der Waals surface area contributed by atoms with Crippen LogP contribution in [0.2, 0.25) is 0 Å². The van der Waals surface area contributed by atoms with Gasteiger partial charge in [0.2, 0.25) is 5.91 Å². The Balaban J connectivity index is 1.48. The maximum absolute atomic E-state index is 12.7. The zero-order valence-corrected chi connectivity index (χ0v) is 16.5. The quantitative estimate of drug-likeness (QED) is 0.687. The van der Waals surface area contributed by atoms with Crippen LogP contribution < -0.4 is 5.32 Å². The third-order valence-corrected chi connectivity index (χ3v) is 5.35. The molecule has 29 heavy (non-hydrogen) atoms. The second-order valence-corrected chi connectivity index (χ2v) is 7.33. The first kappa shape index (κ1) is 21.0. The van der Waals surface area contributed by atoms with Crippen molar-refractivity contribution in [2.45, 2.75) is 38.1 Å². The number of rotatable bonds is 7. The molecule has 2 fully saturated rings. The average Bonchev–Trinajstić information content (AvgIpc) is 2.74. The zero-order valence-electron chi connectivity index (χ0n) is 16.5. The number of ether oxygens (including phenoxy) is 1. The molecular formula is C21H27N3O5. The minimum Gasteiger partial charge on any atom is -0.362 e. The molecule has 0 spiro atoms. The number of nitrogens with one attached hydrogen (secondary N) is 1. The molecule has 1 N–H and O–H groups in total. The number of hydrogen-bond donors (Lipinski definition) is 1. The van der Waals surface area contributed by atoms with E-state index in [9.17, 15) is 19.2 Å². The SMILES string of the molecule is O=C(NCC[C@@H]1CCCCN1C(=O)CCN1C(=O)COCC1=O)c1ccccc1. The number of likely N-dealkylation sites (tertiary alicyclic amines) is 1. The van der Waals surface area contributed by atoms with Crippen LogP contribution in [-0.2, 0) is 19.1 Å². The molecule has 1 aromatic rings. The lowest BCUT2D eigenvalue weighted by molar-refractivity contribution is -0.158. The molecule has 2 saturated heterocycles. The molecule has 8 nitrogen and oxygen atoms in total. The van der Waals surface area contributed by atoms with Crippen molar-refractivity contribution in [2.24, 2.45) is 0 Å². The molecular weight excluding hydrogens is 374 g/mol. The van der Waals surface area contributed by atoms with Crippen LogP contribution in [0.1, 0.15) is 42.5 Å². The van der Waals surface area contributed by atoms with E-state index in [0.29, 0.717) is 25.1 Å². The molecule has 4 amide bonds. The maximum atomic E-state index is 12.7. The highest BCUT2D eigenvalue weighted by Crippen LogP contribution is 2.20. The van der Waals surface area contributed by atoms with Crippen molar-refractivity contribution >= 4 is 23.6 Å². The number of carbonyl (C=O) groups excluding carboxylic acids is 4. The topological polar surface area (TPSA) is 96.0 Å². The van der Waals surface area contributed by atoms with Crippen molar-refractivity contribution in [3.8, 4) is 0 Å². The standard InChI is InChI=1S/C21H27N3O5/c25-18(10-13-24-19(26)14-29-15-20(24)27)23-12-5-4-8-17(23)9-11-22-21(28)16-6-2-1-3-7-16/h1-3,6-7,17H,4-5,8-15H2,(H,22,28)/t17-/m0/s1. The van der Waals surface area contributed by atoms with Gasteiger partial charge in [-0.05, 0) is 37.8 Å². The van der Waals surface area contributed by atoms with E-state index in [-0.39, 0.29) is 44.0 Å². The molecule has 0 radical (unpaired) electrons. The Morgan fingerprint density at radius 3 is 2.52 bits per heavy atom. The minimum atomic E-state index is -0.395. The highest BCUT2D eigenvalue weighted by Gasteiger charge is 2.30.